The smallest absolute Gasteiger partial charge is 0.293 e. The van der Waals surface area contributed by atoms with Crippen molar-refractivity contribution in [1.29, 1.82) is 0 Å². The first-order valence-corrected chi connectivity index (χ1v) is 8.99. The summed E-state index contributed by atoms with van der Waals surface area (Å²) < 4.78 is 5.38. The Hall–Kier alpha value is -2.12. The van der Waals surface area contributed by atoms with Crippen molar-refractivity contribution in [3.8, 4) is 5.75 Å². The fourth-order valence-electron chi connectivity index (χ4n) is 2.52. The number of nitrogens with zero attached hydrogens (tertiary/aromatic N) is 2. The van der Waals surface area contributed by atoms with Crippen LogP contribution in [0.15, 0.2) is 28.6 Å². The van der Waals surface area contributed by atoms with Crippen LogP contribution in [-0.4, -0.2) is 28.1 Å². The van der Waals surface area contributed by atoms with Crippen LogP contribution in [0.5, 0.6) is 5.75 Å². The highest BCUT2D eigenvalue weighted by molar-refractivity contribution is 8.18. The van der Waals surface area contributed by atoms with E-state index in [1.165, 1.54) is 16.2 Å². The van der Waals surface area contributed by atoms with Crippen LogP contribution in [0.2, 0.25) is 0 Å². The van der Waals surface area contributed by atoms with Gasteiger partial charge in [-0.1, -0.05) is 6.07 Å². The molecule has 0 unspecified atom stereocenters. The van der Waals surface area contributed by atoms with Crippen molar-refractivity contribution in [2.45, 2.75) is 20.4 Å². The zero-order valence-corrected chi connectivity index (χ0v) is 15.2. The molecule has 1 aliphatic heterocycles. The van der Waals surface area contributed by atoms with E-state index in [-0.39, 0.29) is 17.7 Å². The first kappa shape index (κ1) is 16.7. The van der Waals surface area contributed by atoms with Gasteiger partial charge in [0.25, 0.3) is 11.1 Å². The number of hydrogen-bond acceptors (Lipinski definition) is 6. The lowest BCUT2D eigenvalue weighted by Crippen LogP contribution is -2.28. The van der Waals surface area contributed by atoms with Gasteiger partial charge in [0.05, 0.1) is 24.3 Å². The number of methoxy groups -OCH3 is 1. The van der Waals surface area contributed by atoms with Crippen molar-refractivity contribution in [2.75, 3.05) is 7.11 Å². The van der Waals surface area contributed by atoms with Gasteiger partial charge in [-0.25, -0.2) is 0 Å². The molecule has 24 heavy (non-hydrogen) atoms. The van der Waals surface area contributed by atoms with Crippen molar-refractivity contribution in [1.82, 2.24) is 9.88 Å². The molecule has 0 saturated carbocycles. The maximum absolute atomic E-state index is 12.5. The Morgan fingerprint density at radius 1 is 1.33 bits per heavy atom. The summed E-state index contributed by atoms with van der Waals surface area (Å²) >= 11 is 2.49. The number of rotatable bonds is 4. The van der Waals surface area contributed by atoms with Gasteiger partial charge in [0.1, 0.15) is 5.75 Å². The highest BCUT2D eigenvalue weighted by Crippen LogP contribution is 2.34. The van der Waals surface area contributed by atoms with Gasteiger partial charge in [-0.2, -0.15) is 0 Å². The lowest BCUT2D eigenvalue weighted by Gasteiger charge is -2.16. The van der Waals surface area contributed by atoms with Crippen LogP contribution >= 0.6 is 23.1 Å². The lowest BCUT2D eigenvalue weighted by molar-refractivity contribution is -0.123. The predicted octanol–water partition coefficient (Wildman–Crippen LogP) is 4.01. The average Bonchev–Trinajstić information content (AvgIpc) is 3.14. The van der Waals surface area contributed by atoms with Crippen LogP contribution in [0.4, 0.5) is 4.79 Å². The number of aryl methyl sites for hydroxylation is 1. The van der Waals surface area contributed by atoms with E-state index in [1.54, 1.807) is 19.4 Å². The first-order valence-electron chi connectivity index (χ1n) is 7.29. The number of pyridine rings is 1. The van der Waals surface area contributed by atoms with E-state index >= 15 is 0 Å². The van der Waals surface area contributed by atoms with Gasteiger partial charge in [0, 0.05) is 22.2 Å². The van der Waals surface area contributed by atoms with Crippen LogP contribution in [0, 0.1) is 13.8 Å². The molecule has 2 aromatic rings. The Morgan fingerprint density at radius 2 is 2.12 bits per heavy atom. The number of thioether (sulfide) groups is 1. The molecule has 1 aliphatic rings. The predicted molar refractivity (Wildman–Crippen MR) is 96.1 cm³/mol. The highest BCUT2D eigenvalue weighted by atomic mass is 32.2. The molecule has 7 heteroatoms. The Labute approximate surface area is 148 Å². The maximum atomic E-state index is 12.5. The number of ether oxygens (including phenoxy) is 1. The normalized spacial score (nSPS) is 16.3. The molecule has 3 rings (SSSR count). The summed E-state index contributed by atoms with van der Waals surface area (Å²) in [4.78, 5) is 31.8. The van der Waals surface area contributed by atoms with Gasteiger partial charge < -0.3 is 4.74 Å². The monoisotopic (exact) mass is 360 g/mol. The summed E-state index contributed by atoms with van der Waals surface area (Å²) in [7, 11) is 1.60. The number of thiophene rings is 1. The number of amides is 2. The molecule has 0 radical (unpaired) electrons. The lowest BCUT2D eigenvalue weighted by atomic mass is 10.1. The molecule has 5 nitrogen and oxygen atoms in total. The van der Waals surface area contributed by atoms with E-state index in [4.69, 9.17) is 4.74 Å². The molecule has 0 atom stereocenters. The number of carbonyl (C=O) groups is 2. The van der Waals surface area contributed by atoms with Crippen molar-refractivity contribution < 1.29 is 14.3 Å². The van der Waals surface area contributed by atoms with E-state index < -0.39 is 0 Å². The molecule has 0 aromatic carbocycles. The van der Waals surface area contributed by atoms with E-state index in [0.717, 1.165) is 33.5 Å². The summed E-state index contributed by atoms with van der Waals surface area (Å²) in [6.07, 6.45) is 3.45. The fourth-order valence-corrected chi connectivity index (χ4v) is 4.08. The Kier molecular flexibility index (Phi) is 4.73. The summed E-state index contributed by atoms with van der Waals surface area (Å²) in [5.74, 6) is 0.459. The third kappa shape index (κ3) is 3.09. The molecule has 1 fully saturated rings. The molecule has 3 heterocycles. The van der Waals surface area contributed by atoms with Crippen LogP contribution in [0.1, 0.15) is 21.7 Å². The van der Waals surface area contributed by atoms with Crippen molar-refractivity contribution in [3.63, 3.8) is 0 Å². The van der Waals surface area contributed by atoms with Gasteiger partial charge in [0.2, 0.25) is 0 Å². The van der Waals surface area contributed by atoms with E-state index in [2.05, 4.69) is 4.98 Å². The molecular weight excluding hydrogens is 344 g/mol. The number of hydrogen-bond donors (Lipinski definition) is 0. The average molecular weight is 360 g/mol. The van der Waals surface area contributed by atoms with Gasteiger partial charge in [0.15, 0.2) is 0 Å². The largest absolute Gasteiger partial charge is 0.496 e. The topological polar surface area (TPSA) is 59.5 Å². The highest BCUT2D eigenvalue weighted by Gasteiger charge is 2.35. The zero-order valence-electron chi connectivity index (χ0n) is 13.5. The molecule has 0 aliphatic carbocycles. The second kappa shape index (κ2) is 6.78. The van der Waals surface area contributed by atoms with Gasteiger partial charge in [-0.05, 0) is 43.1 Å². The molecule has 0 bridgehead atoms. The van der Waals surface area contributed by atoms with Crippen LogP contribution in [0.25, 0.3) is 6.08 Å². The van der Waals surface area contributed by atoms with Crippen molar-refractivity contribution in [3.05, 3.63) is 50.3 Å². The number of aromatic nitrogens is 1. The molecule has 2 amide bonds. The summed E-state index contributed by atoms with van der Waals surface area (Å²) in [5.41, 5.74) is 2.43. The molecule has 2 aromatic heterocycles. The Morgan fingerprint density at radius 3 is 2.79 bits per heavy atom. The minimum absolute atomic E-state index is 0.148. The minimum atomic E-state index is -0.279. The fraction of sp³-hybridized carbons (Fsp3) is 0.235. The van der Waals surface area contributed by atoms with E-state index in [9.17, 15) is 9.59 Å². The van der Waals surface area contributed by atoms with Crippen molar-refractivity contribution in [2.24, 2.45) is 0 Å². The second-order valence-electron chi connectivity index (χ2n) is 5.33. The summed E-state index contributed by atoms with van der Waals surface area (Å²) in [5, 5.41) is 1.66. The Balaban J connectivity index is 1.86. The number of imide groups is 1. The third-order valence-corrected chi connectivity index (χ3v) is 5.47. The Bertz CT molecular complexity index is 829. The van der Waals surface area contributed by atoms with Crippen LogP contribution < -0.4 is 4.74 Å². The third-order valence-electron chi connectivity index (χ3n) is 3.75. The molecule has 124 valence electrons. The van der Waals surface area contributed by atoms with Crippen molar-refractivity contribution >= 4 is 40.3 Å². The van der Waals surface area contributed by atoms with Gasteiger partial charge in [-0.3, -0.25) is 19.5 Å². The summed E-state index contributed by atoms with van der Waals surface area (Å²) in [6, 6.07) is 3.82. The maximum Gasteiger partial charge on any atom is 0.293 e. The summed E-state index contributed by atoms with van der Waals surface area (Å²) in [6.45, 7) is 3.94. The molecule has 1 saturated heterocycles. The second-order valence-corrected chi connectivity index (χ2v) is 7.30. The standard InChI is InChI=1S/C17H16N2O3S2/c1-10-8-18-13(11(2)15(10)22-3)9-19-16(20)14(24-17(19)21)7-12-5-4-6-23-12/h4-8H,9H2,1-3H3/b14-7+. The molecule has 0 spiro atoms. The number of carbonyl (C=O) groups excluding carboxylic acids is 2. The van der Waals surface area contributed by atoms with E-state index in [1.807, 2.05) is 31.4 Å². The quantitative estimate of drug-likeness (QED) is 0.771. The zero-order chi connectivity index (χ0) is 17.3. The van der Waals surface area contributed by atoms with Crippen LogP contribution in [0.3, 0.4) is 0 Å². The van der Waals surface area contributed by atoms with Gasteiger partial charge in [-0.15, -0.1) is 11.3 Å². The SMILES string of the molecule is COc1c(C)cnc(CN2C(=O)S/C(=C/c3cccs3)C2=O)c1C. The van der Waals surface area contributed by atoms with E-state index in [0.29, 0.717) is 10.6 Å². The van der Waals surface area contributed by atoms with Gasteiger partial charge >= 0.3 is 0 Å². The first-order chi connectivity index (χ1) is 11.5. The molecule has 0 N–H and O–H groups in total. The minimum Gasteiger partial charge on any atom is -0.496 e. The van der Waals surface area contributed by atoms with Crippen LogP contribution in [-0.2, 0) is 11.3 Å². The molecular formula is C17H16N2O3S2.